The van der Waals surface area contributed by atoms with E-state index >= 15 is 0 Å². The summed E-state index contributed by atoms with van der Waals surface area (Å²) in [5.74, 6) is 0.394. The van der Waals surface area contributed by atoms with Gasteiger partial charge in [0.15, 0.2) is 0 Å². The Kier molecular flexibility index (Phi) is 9.31. The molecule has 0 aromatic heterocycles. The molecule has 0 saturated heterocycles. The first kappa shape index (κ1) is 25.1. The van der Waals surface area contributed by atoms with Gasteiger partial charge in [0, 0.05) is 11.6 Å². The summed E-state index contributed by atoms with van der Waals surface area (Å²) in [6, 6.07) is 12.8. The number of amides is 1. The average Bonchev–Trinajstić information content (AvgIpc) is 2.70. The Morgan fingerprint density at radius 1 is 1.13 bits per heavy atom. The van der Waals surface area contributed by atoms with Gasteiger partial charge in [-0.15, -0.1) is 0 Å². The SMILES string of the molecule is CC(C)CCc1cc(Cl)ccc1S(=O)(=O)NC[C@@H](O)[C@H](Cc1ccccc1)NC(=O)O. The van der Waals surface area contributed by atoms with Crippen molar-refractivity contribution in [3.63, 3.8) is 0 Å². The highest BCUT2D eigenvalue weighted by atomic mass is 35.5. The van der Waals surface area contributed by atoms with Crippen LogP contribution in [-0.2, 0) is 22.9 Å². The predicted molar refractivity (Wildman–Crippen MR) is 121 cm³/mol. The van der Waals surface area contributed by atoms with E-state index in [2.05, 4.69) is 23.9 Å². The summed E-state index contributed by atoms with van der Waals surface area (Å²) < 4.78 is 28.2. The van der Waals surface area contributed by atoms with Crippen LogP contribution in [0.4, 0.5) is 4.79 Å². The second kappa shape index (κ2) is 11.5. The van der Waals surface area contributed by atoms with Crippen molar-refractivity contribution in [2.24, 2.45) is 5.92 Å². The molecule has 2 aromatic carbocycles. The van der Waals surface area contributed by atoms with E-state index in [9.17, 15) is 18.3 Å². The number of carbonyl (C=O) groups is 1. The molecule has 0 aliphatic carbocycles. The van der Waals surface area contributed by atoms with Crippen LogP contribution in [0.2, 0.25) is 5.02 Å². The first-order valence-corrected chi connectivity index (χ1v) is 11.9. The number of halogens is 1. The lowest BCUT2D eigenvalue weighted by Crippen LogP contribution is -2.49. The van der Waals surface area contributed by atoms with Crippen LogP contribution in [0.15, 0.2) is 53.4 Å². The van der Waals surface area contributed by atoms with E-state index in [1.807, 2.05) is 30.3 Å². The number of sulfonamides is 1. The maximum Gasteiger partial charge on any atom is 0.404 e. The number of nitrogens with one attached hydrogen (secondary N) is 2. The zero-order chi connectivity index (χ0) is 23.0. The van der Waals surface area contributed by atoms with Crippen LogP contribution in [0, 0.1) is 5.92 Å². The lowest BCUT2D eigenvalue weighted by Gasteiger charge is -2.23. The Morgan fingerprint density at radius 3 is 2.42 bits per heavy atom. The number of aliphatic hydroxyl groups excluding tert-OH is 1. The second-order valence-electron chi connectivity index (χ2n) is 7.85. The number of carboxylic acid groups (broad SMARTS) is 1. The lowest BCUT2D eigenvalue weighted by atomic mass is 10.0. The number of aryl methyl sites for hydroxylation is 1. The summed E-state index contributed by atoms with van der Waals surface area (Å²) in [5.41, 5.74) is 1.42. The van der Waals surface area contributed by atoms with Crippen LogP contribution in [-0.4, -0.2) is 43.4 Å². The van der Waals surface area contributed by atoms with Crippen LogP contribution < -0.4 is 10.0 Å². The van der Waals surface area contributed by atoms with E-state index < -0.39 is 28.3 Å². The van der Waals surface area contributed by atoms with E-state index in [4.69, 9.17) is 16.7 Å². The largest absolute Gasteiger partial charge is 0.465 e. The van der Waals surface area contributed by atoms with Gasteiger partial charge in [0.05, 0.1) is 17.0 Å². The summed E-state index contributed by atoms with van der Waals surface area (Å²) in [6.07, 6.45) is -0.994. The molecule has 7 nitrogen and oxygen atoms in total. The van der Waals surface area contributed by atoms with Crippen molar-refractivity contribution in [3.05, 3.63) is 64.7 Å². The number of benzene rings is 2. The van der Waals surface area contributed by atoms with Crippen molar-refractivity contribution in [1.82, 2.24) is 10.0 Å². The molecule has 2 atom stereocenters. The topological polar surface area (TPSA) is 116 Å². The third-order valence-corrected chi connectivity index (χ3v) is 6.62. The van der Waals surface area contributed by atoms with Crippen molar-refractivity contribution in [3.8, 4) is 0 Å². The van der Waals surface area contributed by atoms with Crippen molar-refractivity contribution < 1.29 is 23.4 Å². The molecule has 2 rings (SSSR count). The van der Waals surface area contributed by atoms with Crippen molar-refractivity contribution in [2.45, 2.75) is 50.2 Å². The van der Waals surface area contributed by atoms with Gasteiger partial charge in [0.25, 0.3) is 0 Å². The summed E-state index contributed by atoms with van der Waals surface area (Å²) in [4.78, 5) is 11.3. The Labute approximate surface area is 188 Å². The number of hydrogen-bond donors (Lipinski definition) is 4. The molecule has 4 N–H and O–H groups in total. The van der Waals surface area contributed by atoms with Crippen molar-refractivity contribution in [1.29, 1.82) is 0 Å². The van der Waals surface area contributed by atoms with Gasteiger partial charge in [-0.2, -0.15) is 0 Å². The standard InChI is InChI=1S/C22H29ClN2O5S/c1-15(2)8-9-17-13-18(23)10-11-21(17)31(29,30)24-14-20(26)19(25-22(27)28)12-16-6-4-3-5-7-16/h3-7,10-11,13,15,19-20,24-26H,8-9,12,14H2,1-2H3,(H,27,28)/t19-,20+/m0/s1. The van der Waals surface area contributed by atoms with Crippen LogP contribution in [0.1, 0.15) is 31.4 Å². The highest BCUT2D eigenvalue weighted by molar-refractivity contribution is 7.89. The van der Waals surface area contributed by atoms with Crippen molar-refractivity contribution >= 4 is 27.7 Å². The minimum atomic E-state index is -3.93. The van der Waals surface area contributed by atoms with Crippen LogP contribution in [0.25, 0.3) is 0 Å². The fraction of sp³-hybridized carbons (Fsp3) is 0.409. The summed E-state index contributed by atoms with van der Waals surface area (Å²) >= 11 is 6.06. The molecule has 1 amide bonds. The summed E-state index contributed by atoms with van der Waals surface area (Å²) in [6.45, 7) is 3.76. The molecule has 0 bridgehead atoms. The first-order valence-electron chi connectivity index (χ1n) is 10.1. The molecule has 0 fully saturated rings. The van der Waals surface area contributed by atoms with Gasteiger partial charge < -0.3 is 15.5 Å². The monoisotopic (exact) mass is 468 g/mol. The van der Waals surface area contributed by atoms with Gasteiger partial charge in [-0.1, -0.05) is 55.8 Å². The van der Waals surface area contributed by atoms with Gasteiger partial charge >= 0.3 is 6.09 Å². The van der Waals surface area contributed by atoms with Crippen LogP contribution >= 0.6 is 11.6 Å². The molecule has 0 aliphatic rings. The van der Waals surface area contributed by atoms with Crippen LogP contribution in [0.3, 0.4) is 0 Å². The third kappa shape index (κ3) is 8.14. The van der Waals surface area contributed by atoms with E-state index in [0.29, 0.717) is 22.9 Å². The molecule has 0 saturated carbocycles. The quantitative estimate of drug-likeness (QED) is 0.403. The smallest absolute Gasteiger partial charge is 0.404 e. The molecule has 0 aliphatic heterocycles. The zero-order valence-electron chi connectivity index (χ0n) is 17.6. The highest BCUT2D eigenvalue weighted by Crippen LogP contribution is 2.23. The zero-order valence-corrected chi connectivity index (χ0v) is 19.2. The normalized spacial score (nSPS) is 13.7. The van der Waals surface area contributed by atoms with Gasteiger partial charge in [-0.05, 0) is 54.5 Å². The van der Waals surface area contributed by atoms with E-state index in [1.165, 1.54) is 12.1 Å². The molecular formula is C22H29ClN2O5S. The van der Waals surface area contributed by atoms with Crippen molar-refractivity contribution in [2.75, 3.05) is 6.54 Å². The molecule has 170 valence electrons. The first-order chi connectivity index (χ1) is 14.6. The molecule has 0 heterocycles. The summed E-state index contributed by atoms with van der Waals surface area (Å²) in [5, 5.41) is 22.4. The Morgan fingerprint density at radius 2 is 1.81 bits per heavy atom. The third-order valence-electron chi connectivity index (χ3n) is 4.86. The maximum atomic E-state index is 12.9. The average molecular weight is 469 g/mol. The second-order valence-corrected chi connectivity index (χ2v) is 10.0. The van der Waals surface area contributed by atoms with E-state index in [1.54, 1.807) is 6.07 Å². The Bertz CT molecular complexity index is 967. The molecule has 31 heavy (non-hydrogen) atoms. The molecule has 2 aromatic rings. The fourth-order valence-electron chi connectivity index (χ4n) is 3.17. The fourth-order valence-corrected chi connectivity index (χ4v) is 4.67. The molecule has 0 unspecified atom stereocenters. The Hall–Kier alpha value is -2.13. The minimum Gasteiger partial charge on any atom is -0.465 e. The lowest BCUT2D eigenvalue weighted by molar-refractivity contribution is 0.122. The number of rotatable bonds is 11. The van der Waals surface area contributed by atoms with Gasteiger partial charge in [0.1, 0.15) is 0 Å². The number of hydrogen-bond acceptors (Lipinski definition) is 4. The minimum absolute atomic E-state index is 0.107. The molecule has 0 radical (unpaired) electrons. The Balaban J connectivity index is 2.14. The summed E-state index contributed by atoms with van der Waals surface area (Å²) in [7, 11) is -3.93. The predicted octanol–water partition coefficient (Wildman–Crippen LogP) is 3.45. The van der Waals surface area contributed by atoms with Gasteiger partial charge in [-0.3, -0.25) is 0 Å². The van der Waals surface area contributed by atoms with E-state index in [0.717, 1.165) is 12.0 Å². The van der Waals surface area contributed by atoms with Gasteiger partial charge in [-0.25, -0.2) is 17.9 Å². The van der Waals surface area contributed by atoms with E-state index in [-0.39, 0.29) is 17.9 Å². The highest BCUT2D eigenvalue weighted by Gasteiger charge is 2.25. The van der Waals surface area contributed by atoms with Crippen LogP contribution in [0.5, 0.6) is 0 Å². The maximum absolute atomic E-state index is 12.9. The number of aliphatic hydroxyl groups is 1. The molecule has 0 spiro atoms. The van der Waals surface area contributed by atoms with Gasteiger partial charge in [0.2, 0.25) is 10.0 Å². The molecule has 9 heteroatoms. The molecular weight excluding hydrogens is 440 g/mol.